The van der Waals surface area contributed by atoms with Crippen molar-refractivity contribution in [3.8, 4) is 5.75 Å². The van der Waals surface area contributed by atoms with Gasteiger partial charge < -0.3 is 19.7 Å². The summed E-state index contributed by atoms with van der Waals surface area (Å²) in [6.45, 7) is 2.34. The fraction of sp³-hybridized carbons (Fsp3) is 0.250. The van der Waals surface area contributed by atoms with Crippen LogP contribution < -0.4 is 10.2 Å². The van der Waals surface area contributed by atoms with Crippen LogP contribution >= 0.6 is 0 Å². The fourth-order valence-electron chi connectivity index (χ4n) is 4.11. The number of para-hydroxylation sites is 2. The van der Waals surface area contributed by atoms with Crippen LogP contribution in [-0.4, -0.2) is 35.6 Å². The predicted octanol–water partition coefficient (Wildman–Crippen LogP) is 4.33. The fourth-order valence-corrected chi connectivity index (χ4v) is 4.11. The van der Waals surface area contributed by atoms with Crippen LogP contribution in [0, 0.1) is 5.92 Å². The Morgan fingerprint density at radius 2 is 1.97 bits per heavy atom. The molecule has 1 amide bonds. The minimum absolute atomic E-state index is 0.0797. The van der Waals surface area contributed by atoms with Crippen LogP contribution in [0.5, 0.6) is 5.75 Å². The molecule has 1 unspecified atom stereocenters. The number of aromatic hydroxyl groups is 1. The molecular formula is C24H23N3O3. The molecule has 1 aromatic heterocycles. The highest BCUT2D eigenvalue weighted by Crippen LogP contribution is 2.26. The highest BCUT2D eigenvalue weighted by molar-refractivity contribution is 5.98. The lowest BCUT2D eigenvalue weighted by Gasteiger charge is -2.31. The van der Waals surface area contributed by atoms with E-state index in [1.807, 2.05) is 42.5 Å². The van der Waals surface area contributed by atoms with Crippen LogP contribution in [0.15, 0.2) is 65.1 Å². The third kappa shape index (κ3) is 3.68. The van der Waals surface area contributed by atoms with Crippen molar-refractivity contribution >= 4 is 33.8 Å². The molecule has 0 aliphatic carbocycles. The van der Waals surface area contributed by atoms with E-state index in [-0.39, 0.29) is 11.7 Å². The molecule has 6 nitrogen and oxygen atoms in total. The number of hydrogen-bond acceptors (Lipinski definition) is 5. The summed E-state index contributed by atoms with van der Waals surface area (Å²) < 4.78 is 5.91. The number of fused-ring (bicyclic) bond motifs is 2. The van der Waals surface area contributed by atoms with Crippen molar-refractivity contribution in [2.75, 3.05) is 24.5 Å². The largest absolute Gasteiger partial charge is 0.508 e. The number of carbonyl (C=O) groups is 1. The number of anilines is 1. The van der Waals surface area contributed by atoms with Gasteiger partial charge in [-0.15, -0.1) is 0 Å². The molecule has 2 heterocycles. The predicted molar refractivity (Wildman–Crippen MR) is 117 cm³/mol. The van der Waals surface area contributed by atoms with E-state index >= 15 is 0 Å². The number of rotatable bonds is 4. The smallest absolute Gasteiger partial charge is 0.298 e. The Labute approximate surface area is 174 Å². The van der Waals surface area contributed by atoms with Crippen molar-refractivity contribution in [2.45, 2.75) is 12.8 Å². The van der Waals surface area contributed by atoms with Crippen LogP contribution in [0.3, 0.4) is 0 Å². The lowest BCUT2D eigenvalue weighted by molar-refractivity contribution is 0.0945. The normalized spacial score (nSPS) is 16.8. The molecule has 3 aromatic carbocycles. The molecule has 1 saturated heterocycles. The maximum Gasteiger partial charge on any atom is 0.298 e. The Morgan fingerprint density at radius 1 is 1.13 bits per heavy atom. The van der Waals surface area contributed by atoms with E-state index in [4.69, 9.17) is 4.42 Å². The molecule has 6 heteroatoms. The standard InChI is InChI=1S/C24H23N3O3/c28-20-10-9-17-12-19(8-7-18(17)13-20)23(29)25-14-16-4-3-11-27(15-16)24-26-21-5-1-2-6-22(21)30-24/h1-2,5-10,12-13,16,28H,3-4,11,14-15H2,(H,25,29). The summed E-state index contributed by atoms with van der Waals surface area (Å²) in [5, 5.41) is 14.5. The Balaban J connectivity index is 1.23. The van der Waals surface area contributed by atoms with Gasteiger partial charge in [0.2, 0.25) is 0 Å². The van der Waals surface area contributed by atoms with E-state index in [1.54, 1.807) is 18.2 Å². The molecule has 5 rings (SSSR count). The summed E-state index contributed by atoms with van der Waals surface area (Å²) >= 11 is 0. The quantitative estimate of drug-likeness (QED) is 0.532. The van der Waals surface area contributed by atoms with Gasteiger partial charge in [-0.05, 0) is 65.9 Å². The average molecular weight is 401 g/mol. The maximum absolute atomic E-state index is 12.7. The molecule has 0 bridgehead atoms. The second-order valence-corrected chi connectivity index (χ2v) is 7.87. The summed E-state index contributed by atoms with van der Waals surface area (Å²) in [6.07, 6.45) is 2.10. The van der Waals surface area contributed by atoms with Gasteiger partial charge in [-0.25, -0.2) is 0 Å². The molecule has 1 fully saturated rings. The summed E-state index contributed by atoms with van der Waals surface area (Å²) in [6, 6.07) is 19.1. The number of aromatic nitrogens is 1. The number of amides is 1. The van der Waals surface area contributed by atoms with Crippen LogP contribution in [0.25, 0.3) is 21.9 Å². The third-order valence-corrected chi connectivity index (χ3v) is 5.71. The number of benzene rings is 3. The molecule has 1 aliphatic heterocycles. The highest BCUT2D eigenvalue weighted by atomic mass is 16.4. The average Bonchev–Trinajstić information content (AvgIpc) is 3.22. The zero-order valence-electron chi connectivity index (χ0n) is 16.5. The zero-order valence-corrected chi connectivity index (χ0v) is 16.5. The minimum atomic E-state index is -0.0797. The van der Waals surface area contributed by atoms with E-state index in [1.165, 1.54) is 0 Å². The van der Waals surface area contributed by atoms with Gasteiger partial charge in [-0.3, -0.25) is 4.79 Å². The molecule has 152 valence electrons. The molecule has 1 atom stereocenters. The number of phenols is 1. The van der Waals surface area contributed by atoms with Gasteiger partial charge in [0.1, 0.15) is 11.3 Å². The summed E-state index contributed by atoms with van der Waals surface area (Å²) in [5.74, 6) is 0.486. The van der Waals surface area contributed by atoms with Crippen molar-refractivity contribution in [1.29, 1.82) is 0 Å². The number of phenolic OH excluding ortho intramolecular Hbond substituents is 1. The molecule has 0 saturated carbocycles. The molecule has 4 aromatic rings. The second-order valence-electron chi connectivity index (χ2n) is 7.87. The summed E-state index contributed by atoms with van der Waals surface area (Å²) in [5.41, 5.74) is 2.29. The number of hydrogen-bond donors (Lipinski definition) is 2. The number of oxazole rings is 1. The zero-order chi connectivity index (χ0) is 20.5. The number of nitrogens with zero attached hydrogens (tertiary/aromatic N) is 2. The Morgan fingerprint density at radius 3 is 2.87 bits per heavy atom. The first-order valence-electron chi connectivity index (χ1n) is 10.3. The van der Waals surface area contributed by atoms with Gasteiger partial charge in [0, 0.05) is 25.2 Å². The SMILES string of the molecule is O=C(NCC1CCCN(c2nc3ccccc3o2)C1)c1ccc2cc(O)ccc2c1. The van der Waals surface area contributed by atoms with E-state index in [2.05, 4.69) is 15.2 Å². The Hall–Kier alpha value is -3.54. The van der Waals surface area contributed by atoms with E-state index in [0.717, 1.165) is 47.8 Å². The summed E-state index contributed by atoms with van der Waals surface area (Å²) in [7, 11) is 0. The second kappa shape index (κ2) is 7.71. The number of carbonyl (C=O) groups excluding carboxylic acids is 1. The van der Waals surface area contributed by atoms with E-state index in [9.17, 15) is 9.90 Å². The van der Waals surface area contributed by atoms with Gasteiger partial charge in [0.15, 0.2) is 5.58 Å². The van der Waals surface area contributed by atoms with Crippen LogP contribution in [0.4, 0.5) is 6.01 Å². The van der Waals surface area contributed by atoms with Gasteiger partial charge in [0.25, 0.3) is 11.9 Å². The highest BCUT2D eigenvalue weighted by Gasteiger charge is 2.24. The monoisotopic (exact) mass is 401 g/mol. The first kappa shape index (κ1) is 18.5. The van der Waals surface area contributed by atoms with Gasteiger partial charge in [0.05, 0.1) is 0 Å². The lowest BCUT2D eigenvalue weighted by atomic mass is 9.98. The lowest BCUT2D eigenvalue weighted by Crippen LogP contribution is -2.41. The van der Waals surface area contributed by atoms with Crippen LogP contribution in [0.2, 0.25) is 0 Å². The van der Waals surface area contributed by atoms with Crippen molar-refractivity contribution < 1.29 is 14.3 Å². The molecule has 2 N–H and O–H groups in total. The van der Waals surface area contributed by atoms with Gasteiger partial charge in [-0.1, -0.05) is 24.3 Å². The van der Waals surface area contributed by atoms with Crippen LogP contribution in [-0.2, 0) is 0 Å². The number of nitrogens with one attached hydrogen (secondary N) is 1. The van der Waals surface area contributed by atoms with E-state index < -0.39 is 0 Å². The van der Waals surface area contributed by atoms with E-state index in [0.29, 0.717) is 24.0 Å². The summed E-state index contributed by atoms with van der Waals surface area (Å²) in [4.78, 5) is 19.4. The Bertz CT molecular complexity index is 1180. The first-order chi connectivity index (χ1) is 14.7. The molecule has 0 radical (unpaired) electrons. The molecule has 30 heavy (non-hydrogen) atoms. The van der Waals surface area contributed by atoms with Crippen molar-refractivity contribution in [3.63, 3.8) is 0 Å². The minimum Gasteiger partial charge on any atom is -0.508 e. The van der Waals surface area contributed by atoms with Gasteiger partial charge >= 0.3 is 0 Å². The third-order valence-electron chi connectivity index (χ3n) is 5.71. The van der Waals surface area contributed by atoms with Crippen molar-refractivity contribution in [3.05, 3.63) is 66.2 Å². The van der Waals surface area contributed by atoms with Crippen molar-refractivity contribution in [2.24, 2.45) is 5.92 Å². The molecular weight excluding hydrogens is 378 g/mol. The topological polar surface area (TPSA) is 78.6 Å². The molecule has 1 aliphatic rings. The van der Waals surface area contributed by atoms with Crippen LogP contribution in [0.1, 0.15) is 23.2 Å². The van der Waals surface area contributed by atoms with Gasteiger partial charge in [-0.2, -0.15) is 4.98 Å². The maximum atomic E-state index is 12.7. The first-order valence-corrected chi connectivity index (χ1v) is 10.3. The molecule has 0 spiro atoms. The number of piperidine rings is 1. The Kier molecular flexibility index (Phi) is 4.75. The van der Waals surface area contributed by atoms with Crippen molar-refractivity contribution in [1.82, 2.24) is 10.3 Å².